The van der Waals surface area contributed by atoms with E-state index in [-0.39, 0.29) is 23.6 Å². The van der Waals surface area contributed by atoms with Crippen molar-refractivity contribution in [3.63, 3.8) is 0 Å². The molecule has 1 aromatic rings. The predicted molar refractivity (Wildman–Crippen MR) is 65.5 cm³/mol. The van der Waals surface area contributed by atoms with Crippen LogP contribution in [0.3, 0.4) is 0 Å². The Morgan fingerprint density at radius 2 is 2.28 bits per heavy atom. The van der Waals surface area contributed by atoms with Crippen LogP contribution in [0.5, 0.6) is 0 Å². The molecule has 3 N–H and O–H groups in total. The SMILES string of the molecule is Cc1oc(CN)cc1S(=O)(=O)NC1CCOC1C. The van der Waals surface area contributed by atoms with Crippen molar-refractivity contribution >= 4 is 10.0 Å². The number of sulfonamides is 1. The monoisotopic (exact) mass is 274 g/mol. The quantitative estimate of drug-likeness (QED) is 0.834. The molecule has 0 saturated carbocycles. The third kappa shape index (κ3) is 2.59. The van der Waals surface area contributed by atoms with E-state index in [9.17, 15) is 8.42 Å². The number of nitrogens with two attached hydrogens (primary N) is 1. The molecule has 0 amide bonds. The first-order chi connectivity index (χ1) is 8.44. The second kappa shape index (κ2) is 5.00. The van der Waals surface area contributed by atoms with E-state index in [0.29, 0.717) is 24.5 Å². The average Bonchev–Trinajstić information content (AvgIpc) is 2.86. The van der Waals surface area contributed by atoms with Gasteiger partial charge in [0.15, 0.2) is 0 Å². The van der Waals surface area contributed by atoms with Gasteiger partial charge in [0.05, 0.1) is 18.7 Å². The molecule has 2 unspecified atom stereocenters. The maximum Gasteiger partial charge on any atom is 0.244 e. The third-order valence-electron chi connectivity index (χ3n) is 3.10. The summed E-state index contributed by atoms with van der Waals surface area (Å²) >= 11 is 0. The maximum absolute atomic E-state index is 12.2. The fourth-order valence-electron chi connectivity index (χ4n) is 2.04. The molecule has 0 bridgehead atoms. The van der Waals surface area contributed by atoms with Gasteiger partial charge in [-0.3, -0.25) is 0 Å². The Kier molecular flexibility index (Phi) is 3.76. The van der Waals surface area contributed by atoms with Gasteiger partial charge < -0.3 is 14.9 Å². The van der Waals surface area contributed by atoms with Crippen LogP contribution in [-0.4, -0.2) is 27.2 Å². The Hall–Kier alpha value is -0.890. The fraction of sp³-hybridized carbons (Fsp3) is 0.636. The number of furan rings is 1. The highest BCUT2D eigenvalue weighted by Gasteiger charge is 2.31. The lowest BCUT2D eigenvalue weighted by molar-refractivity contribution is 0.117. The second-order valence-electron chi connectivity index (χ2n) is 4.43. The number of nitrogens with one attached hydrogen (secondary N) is 1. The van der Waals surface area contributed by atoms with E-state index in [1.165, 1.54) is 6.07 Å². The molecule has 0 radical (unpaired) electrons. The fourth-order valence-corrected chi connectivity index (χ4v) is 3.58. The first-order valence-corrected chi connectivity index (χ1v) is 7.35. The van der Waals surface area contributed by atoms with Crippen LogP contribution in [0, 0.1) is 6.92 Å². The van der Waals surface area contributed by atoms with Gasteiger partial charge in [-0.15, -0.1) is 0 Å². The van der Waals surface area contributed by atoms with Crippen LogP contribution in [0.1, 0.15) is 24.9 Å². The summed E-state index contributed by atoms with van der Waals surface area (Å²) in [5.74, 6) is 0.818. The molecule has 2 heterocycles. The topological polar surface area (TPSA) is 94.6 Å². The molecule has 2 rings (SSSR count). The number of hydrogen-bond acceptors (Lipinski definition) is 5. The van der Waals surface area contributed by atoms with Crippen LogP contribution in [0.4, 0.5) is 0 Å². The largest absolute Gasteiger partial charge is 0.464 e. The molecule has 0 spiro atoms. The predicted octanol–water partition coefficient (Wildman–Crippen LogP) is 0.502. The van der Waals surface area contributed by atoms with Crippen molar-refractivity contribution in [1.29, 1.82) is 0 Å². The molecule has 0 aliphatic carbocycles. The summed E-state index contributed by atoms with van der Waals surface area (Å²) in [6, 6.07) is 1.28. The zero-order valence-corrected chi connectivity index (χ0v) is 11.3. The van der Waals surface area contributed by atoms with Crippen LogP contribution in [0.25, 0.3) is 0 Å². The van der Waals surface area contributed by atoms with Crippen molar-refractivity contribution in [3.8, 4) is 0 Å². The summed E-state index contributed by atoms with van der Waals surface area (Å²) in [7, 11) is -3.58. The lowest BCUT2D eigenvalue weighted by atomic mass is 10.2. The highest BCUT2D eigenvalue weighted by molar-refractivity contribution is 7.89. The van der Waals surface area contributed by atoms with Gasteiger partial charge in [0.1, 0.15) is 16.4 Å². The van der Waals surface area contributed by atoms with Crippen molar-refractivity contribution in [3.05, 3.63) is 17.6 Å². The summed E-state index contributed by atoms with van der Waals surface area (Å²) in [5, 5.41) is 0. The van der Waals surface area contributed by atoms with E-state index in [2.05, 4.69) is 4.72 Å². The molecule has 1 aliphatic heterocycles. The van der Waals surface area contributed by atoms with Gasteiger partial charge >= 0.3 is 0 Å². The van der Waals surface area contributed by atoms with Crippen LogP contribution < -0.4 is 10.5 Å². The highest BCUT2D eigenvalue weighted by Crippen LogP contribution is 2.22. The van der Waals surface area contributed by atoms with Crippen LogP contribution >= 0.6 is 0 Å². The van der Waals surface area contributed by atoms with Gasteiger partial charge in [0.2, 0.25) is 10.0 Å². The Labute approximate surface area is 107 Å². The van der Waals surface area contributed by atoms with Gasteiger partial charge in [-0.05, 0) is 20.3 Å². The summed E-state index contributed by atoms with van der Waals surface area (Å²) in [6.07, 6.45) is 0.571. The number of aryl methyl sites for hydroxylation is 1. The van der Waals surface area contributed by atoms with E-state index in [4.69, 9.17) is 14.9 Å². The molecule has 102 valence electrons. The Morgan fingerprint density at radius 1 is 1.56 bits per heavy atom. The van der Waals surface area contributed by atoms with Gasteiger partial charge in [-0.2, -0.15) is 0 Å². The summed E-state index contributed by atoms with van der Waals surface area (Å²) in [6.45, 7) is 4.22. The zero-order chi connectivity index (χ0) is 13.3. The normalized spacial score (nSPS) is 24.6. The molecule has 1 fully saturated rings. The Morgan fingerprint density at radius 3 is 2.78 bits per heavy atom. The molecule has 6 nitrogen and oxygen atoms in total. The standard InChI is InChI=1S/C11H18N2O4S/c1-7-10(3-4-16-7)13-18(14,15)11-5-9(6-12)17-8(11)2/h5,7,10,13H,3-4,6,12H2,1-2H3. The van der Waals surface area contributed by atoms with E-state index in [1.54, 1.807) is 6.92 Å². The van der Waals surface area contributed by atoms with Gasteiger partial charge in [0.25, 0.3) is 0 Å². The second-order valence-corrected chi connectivity index (χ2v) is 6.11. The number of hydrogen-bond donors (Lipinski definition) is 2. The summed E-state index contributed by atoms with van der Waals surface area (Å²) in [5.41, 5.74) is 5.43. The lowest BCUT2D eigenvalue weighted by Gasteiger charge is -2.15. The first-order valence-electron chi connectivity index (χ1n) is 5.87. The van der Waals surface area contributed by atoms with E-state index in [1.807, 2.05) is 6.92 Å². The molecule has 1 saturated heterocycles. The maximum atomic E-state index is 12.2. The summed E-state index contributed by atoms with van der Waals surface area (Å²) < 4.78 is 37.7. The first kappa shape index (κ1) is 13.5. The van der Waals surface area contributed by atoms with Crippen LogP contribution in [-0.2, 0) is 21.3 Å². The molecule has 2 atom stereocenters. The zero-order valence-electron chi connectivity index (χ0n) is 10.5. The van der Waals surface area contributed by atoms with E-state index >= 15 is 0 Å². The van der Waals surface area contributed by atoms with Crippen molar-refractivity contribution in [2.45, 2.75) is 43.9 Å². The van der Waals surface area contributed by atoms with Crippen molar-refractivity contribution in [1.82, 2.24) is 4.72 Å². The molecule has 18 heavy (non-hydrogen) atoms. The molecule has 7 heteroatoms. The minimum Gasteiger partial charge on any atom is -0.464 e. The lowest BCUT2D eigenvalue weighted by Crippen LogP contribution is -2.39. The third-order valence-corrected chi connectivity index (χ3v) is 4.69. The van der Waals surface area contributed by atoms with Crippen LogP contribution in [0.2, 0.25) is 0 Å². The van der Waals surface area contributed by atoms with Crippen molar-refractivity contribution in [2.24, 2.45) is 5.73 Å². The van der Waals surface area contributed by atoms with Gasteiger partial charge in [-0.1, -0.05) is 0 Å². The summed E-state index contributed by atoms with van der Waals surface area (Å²) in [4.78, 5) is 0.155. The van der Waals surface area contributed by atoms with E-state index < -0.39 is 10.0 Å². The highest BCUT2D eigenvalue weighted by atomic mass is 32.2. The van der Waals surface area contributed by atoms with Crippen molar-refractivity contribution in [2.75, 3.05) is 6.61 Å². The Balaban J connectivity index is 2.22. The smallest absolute Gasteiger partial charge is 0.244 e. The van der Waals surface area contributed by atoms with E-state index in [0.717, 1.165) is 0 Å². The average molecular weight is 274 g/mol. The molecule has 0 aromatic carbocycles. The molecule has 1 aromatic heterocycles. The molecular weight excluding hydrogens is 256 g/mol. The minimum atomic E-state index is -3.58. The van der Waals surface area contributed by atoms with Gasteiger partial charge in [-0.25, -0.2) is 13.1 Å². The minimum absolute atomic E-state index is 0.110. The van der Waals surface area contributed by atoms with Gasteiger partial charge in [0, 0.05) is 12.7 Å². The van der Waals surface area contributed by atoms with Crippen molar-refractivity contribution < 1.29 is 17.6 Å². The molecule has 1 aliphatic rings. The molecular formula is C11H18N2O4S. The Bertz CT molecular complexity index is 523. The number of rotatable bonds is 4. The number of ether oxygens (including phenoxy) is 1. The van der Waals surface area contributed by atoms with Crippen LogP contribution in [0.15, 0.2) is 15.4 Å².